The summed E-state index contributed by atoms with van der Waals surface area (Å²) in [4.78, 5) is 13.6. The number of likely N-dealkylation sites (tertiary alicyclic amines) is 1. The first-order valence-electron chi connectivity index (χ1n) is 6.74. The Bertz CT molecular complexity index is 257. The summed E-state index contributed by atoms with van der Waals surface area (Å²) in [7, 11) is 0. The number of amides is 1. The van der Waals surface area contributed by atoms with Crippen molar-refractivity contribution in [1.29, 1.82) is 0 Å². The van der Waals surface area contributed by atoms with E-state index in [1.54, 1.807) is 0 Å². The van der Waals surface area contributed by atoms with Gasteiger partial charge < -0.3 is 20.1 Å². The van der Waals surface area contributed by atoms with Gasteiger partial charge >= 0.3 is 6.09 Å². The molecule has 1 atom stereocenters. The number of alkyl carbamates (subject to hydrolysis) is 1. The van der Waals surface area contributed by atoms with Gasteiger partial charge in [-0.05, 0) is 46.7 Å². The molecule has 0 bridgehead atoms. The Kier molecular flexibility index (Phi) is 5.88. The number of aliphatic hydroxyl groups is 1. The van der Waals surface area contributed by atoms with Gasteiger partial charge in [-0.25, -0.2) is 4.79 Å². The number of ether oxygens (including phenoxy) is 1. The largest absolute Gasteiger partial charge is 0.444 e. The number of hydrogen-bond acceptors (Lipinski definition) is 4. The van der Waals surface area contributed by atoms with Crippen molar-refractivity contribution in [1.82, 2.24) is 10.2 Å². The minimum Gasteiger partial charge on any atom is -0.444 e. The van der Waals surface area contributed by atoms with E-state index in [-0.39, 0.29) is 6.54 Å². The van der Waals surface area contributed by atoms with Crippen molar-refractivity contribution in [3.8, 4) is 0 Å². The van der Waals surface area contributed by atoms with Crippen LogP contribution < -0.4 is 5.32 Å². The van der Waals surface area contributed by atoms with Gasteiger partial charge in [0.05, 0.1) is 6.10 Å². The predicted octanol–water partition coefficient (Wildman–Crippen LogP) is 1.36. The van der Waals surface area contributed by atoms with Gasteiger partial charge in [0.1, 0.15) is 5.60 Å². The van der Waals surface area contributed by atoms with Gasteiger partial charge in [0.2, 0.25) is 0 Å². The third-order valence-corrected chi connectivity index (χ3v) is 2.80. The standard InChI is InChI=1S/C13H26N2O3/c1-13(2,3)18-12(17)14-9-11(16)10-15-7-5-4-6-8-15/h11,16H,4-10H2,1-3H3,(H,14,17). The van der Waals surface area contributed by atoms with E-state index in [1.807, 2.05) is 20.8 Å². The van der Waals surface area contributed by atoms with E-state index < -0.39 is 17.8 Å². The lowest BCUT2D eigenvalue weighted by molar-refractivity contribution is 0.0462. The number of piperidine rings is 1. The molecule has 18 heavy (non-hydrogen) atoms. The van der Waals surface area contributed by atoms with Crippen LogP contribution in [0.3, 0.4) is 0 Å². The number of aliphatic hydroxyl groups excluding tert-OH is 1. The molecule has 5 heteroatoms. The van der Waals surface area contributed by atoms with Crippen LogP contribution in [0.25, 0.3) is 0 Å². The van der Waals surface area contributed by atoms with E-state index in [9.17, 15) is 9.90 Å². The summed E-state index contributed by atoms with van der Waals surface area (Å²) >= 11 is 0. The van der Waals surface area contributed by atoms with Crippen molar-refractivity contribution in [3.05, 3.63) is 0 Å². The van der Waals surface area contributed by atoms with Crippen LogP contribution in [0, 0.1) is 0 Å². The first-order valence-corrected chi connectivity index (χ1v) is 6.74. The number of hydrogen-bond donors (Lipinski definition) is 2. The van der Waals surface area contributed by atoms with E-state index in [2.05, 4.69) is 10.2 Å². The highest BCUT2D eigenvalue weighted by Gasteiger charge is 2.18. The minimum atomic E-state index is -0.532. The lowest BCUT2D eigenvalue weighted by Crippen LogP contribution is -2.43. The molecule has 0 radical (unpaired) electrons. The van der Waals surface area contributed by atoms with Crippen LogP contribution >= 0.6 is 0 Å². The minimum absolute atomic E-state index is 0.241. The third-order valence-electron chi connectivity index (χ3n) is 2.80. The Hall–Kier alpha value is -0.810. The maximum Gasteiger partial charge on any atom is 0.407 e. The average Bonchev–Trinajstić information content (AvgIpc) is 2.25. The number of carbonyl (C=O) groups excluding carboxylic acids is 1. The van der Waals surface area contributed by atoms with Gasteiger partial charge in [-0.3, -0.25) is 0 Å². The van der Waals surface area contributed by atoms with E-state index in [0.29, 0.717) is 6.54 Å². The maximum absolute atomic E-state index is 11.4. The topological polar surface area (TPSA) is 61.8 Å². The number of nitrogens with zero attached hydrogens (tertiary/aromatic N) is 1. The summed E-state index contributed by atoms with van der Waals surface area (Å²) < 4.78 is 5.10. The van der Waals surface area contributed by atoms with Gasteiger partial charge in [0.15, 0.2) is 0 Å². The number of β-amino-alcohol motifs (C(OH)–C–C–N with tert-alkyl or cyclic N) is 1. The van der Waals surface area contributed by atoms with Crippen molar-refractivity contribution in [3.63, 3.8) is 0 Å². The van der Waals surface area contributed by atoms with Crippen LogP contribution in [0.2, 0.25) is 0 Å². The molecule has 0 aliphatic carbocycles. The Morgan fingerprint density at radius 2 is 1.94 bits per heavy atom. The van der Waals surface area contributed by atoms with Gasteiger partial charge in [-0.2, -0.15) is 0 Å². The van der Waals surface area contributed by atoms with E-state index in [0.717, 1.165) is 13.1 Å². The Labute approximate surface area is 109 Å². The Balaban J connectivity index is 2.16. The quantitative estimate of drug-likeness (QED) is 0.799. The molecule has 1 heterocycles. The lowest BCUT2D eigenvalue weighted by atomic mass is 10.1. The molecule has 1 amide bonds. The summed E-state index contributed by atoms with van der Waals surface area (Å²) in [5.74, 6) is 0. The monoisotopic (exact) mass is 258 g/mol. The molecule has 1 unspecified atom stereocenters. The number of nitrogens with one attached hydrogen (secondary N) is 1. The summed E-state index contributed by atoms with van der Waals surface area (Å²) in [5, 5.41) is 12.4. The second-order valence-electron chi connectivity index (χ2n) is 5.90. The SMILES string of the molecule is CC(C)(C)OC(=O)NCC(O)CN1CCCCC1. The summed E-state index contributed by atoms with van der Waals surface area (Å²) in [5.41, 5.74) is -0.498. The van der Waals surface area contributed by atoms with Crippen LogP contribution in [-0.2, 0) is 4.74 Å². The first kappa shape index (κ1) is 15.2. The normalized spacial score (nSPS) is 19.3. The second kappa shape index (κ2) is 6.95. The molecule has 1 aliphatic rings. The molecule has 1 aliphatic heterocycles. The fourth-order valence-corrected chi connectivity index (χ4v) is 2.02. The second-order valence-corrected chi connectivity index (χ2v) is 5.90. The zero-order valence-electron chi connectivity index (χ0n) is 11.7. The van der Waals surface area contributed by atoms with Crippen LogP contribution in [0.5, 0.6) is 0 Å². The van der Waals surface area contributed by atoms with Crippen molar-refractivity contribution < 1.29 is 14.6 Å². The molecular formula is C13H26N2O3. The molecule has 0 aromatic carbocycles. The fraction of sp³-hybridized carbons (Fsp3) is 0.923. The van der Waals surface area contributed by atoms with Gasteiger partial charge in [-0.15, -0.1) is 0 Å². The molecule has 0 spiro atoms. The molecule has 106 valence electrons. The van der Waals surface area contributed by atoms with Crippen LogP contribution in [0.4, 0.5) is 4.79 Å². The smallest absolute Gasteiger partial charge is 0.407 e. The molecule has 1 fully saturated rings. The molecule has 0 aromatic rings. The highest BCUT2D eigenvalue weighted by atomic mass is 16.6. The van der Waals surface area contributed by atoms with E-state index in [4.69, 9.17) is 4.74 Å². The molecule has 1 rings (SSSR count). The molecule has 0 saturated carbocycles. The highest BCUT2D eigenvalue weighted by Crippen LogP contribution is 2.09. The number of rotatable bonds is 4. The summed E-state index contributed by atoms with van der Waals surface area (Å²) in [6.45, 7) is 8.40. The van der Waals surface area contributed by atoms with Crippen molar-refractivity contribution in [2.75, 3.05) is 26.2 Å². The van der Waals surface area contributed by atoms with Crippen LogP contribution in [-0.4, -0.2) is 54.0 Å². The zero-order chi connectivity index (χ0) is 13.6. The average molecular weight is 258 g/mol. The van der Waals surface area contributed by atoms with E-state index in [1.165, 1.54) is 19.3 Å². The maximum atomic E-state index is 11.4. The van der Waals surface area contributed by atoms with Crippen molar-refractivity contribution in [2.24, 2.45) is 0 Å². The lowest BCUT2D eigenvalue weighted by Gasteiger charge is -2.28. The van der Waals surface area contributed by atoms with Crippen molar-refractivity contribution in [2.45, 2.75) is 51.7 Å². The van der Waals surface area contributed by atoms with Crippen molar-refractivity contribution >= 4 is 6.09 Å². The van der Waals surface area contributed by atoms with Crippen LogP contribution in [0.1, 0.15) is 40.0 Å². The van der Waals surface area contributed by atoms with Gasteiger partial charge in [0, 0.05) is 13.1 Å². The zero-order valence-corrected chi connectivity index (χ0v) is 11.7. The Morgan fingerprint density at radius 1 is 1.33 bits per heavy atom. The Morgan fingerprint density at radius 3 is 2.50 bits per heavy atom. The molecule has 1 saturated heterocycles. The van der Waals surface area contributed by atoms with Gasteiger partial charge in [-0.1, -0.05) is 6.42 Å². The van der Waals surface area contributed by atoms with E-state index >= 15 is 0 Å². The summed E-state index contributed by atoms with van der Waals surface area (Å²) in [6, 6.07) is 0. The van der Waals surface area contributed by atoms with Crippen LogP contribution in [0.15, 0.2) is 0 Å². The predicted molar refractivity (Wildman–Crippen MR) is 70.5 cm³/mol. The number of carbonyl (C=O) groups is 1. The third kappa shape index (κ3) is 6.81. The van der Waals surface area contributed by atoms with Gasteiger partial charge in [0.25, 0.3) is 0 Å². The molecule has 2 N–H and O–H groups in total. The molecular weight excluding hydrogens is 232 g/mol. The molecule has 5 nitrogen and oxygen atoms in total. The first-order chi connectivity index (χ1) is 8.37. The summed E-state index contributed by atoms with van der Waals surface area (Å²) in [6.07, 6.45) is 2.68. The highest BCUT2D eigenvalue weighted by molar-refractivity contribution is 5.67. The molecule has 0 aromatic heterocycles. The fourth-order valence-electron chi connectivity index (χ4n) is 2.02.